The summed E-state index contributed by atoms with van der Waals surface area (Å²) >= 11 is 0. The molecule has 0 bridgehead atoms. The molecule has 2 aromatic rings. The summed E-state index contributed by atoms with van der Waals surface area (Å²) in [6, 6.07) is 13.1. The van der Waals surface area contributed by atoms with Crippen LogP contribution in [0.3, 0.4) is 0 Å². The molecule has 7 heteroatoms. The van der Waals surface area contributed by atoms with Gasteiger partial charge in [0.05, 0.1) is 5.69 Å². The summed E-state index contributed by atoms with van der Waals surface area (Å²) < 4.78 is 5.34. The van der Waals surface area contributed by atoms with Crippen LogP contribution in [-0.2, 0) is 19.5 Å². The van der Waals surface area contributed by atoms with Crippen molar-refractivity contribution < 1.29 is 4.52 Å². The molecule has 154 valence electrons. The van der Waals surface area contributed by atoms with Gasteiger partial charge in [0.15, 0.2) is 11.7 Å². The lowest BCUT2D eigenvalue weighted by atomic mass is 10.0. The van der Waals surface area contributed by atoms with Crippen molar-refractivity contribution >= 4 is 29.9 Å². The standard InChI is InChI=1S/C21H31N5O.HI/c1-3-18-13-20(27-25-18)14-23-21(22-4-2)24-19-11-8-12-26(16-19)15-17-9-6-5-7-10-17;/h5-7,9-10,13,19H,3-4,8,11-12,14-16H2,1-2H3,(H2,22,23,24);1H. The number of benzene rings is 1. The van der Waals surface area contributed by atoms with Gasteiger partial charge in [-0.1, -0.05) is 42.4 Å². The van der Waals surface area contributed by atoms with Gasteiger partial charge in [-0.3, -0.25) is 4.90 Å². The molecular formula is C21H32IN5O. The molecule has 1 unspecified atom stereocenters. The zero-order valence-electron chi connectivity index (χ0n) is 16.9. The molecule has 6 nitrogen and oxygen atoms in total. The number of nitrogens with one attached hydrogen (secondary N) is 2. The first-order chi connectivity index (χ1) is 13.3. The van der Waals surface area contributed by atoms with E-state index in [1.807, 2.05) is 6.07 Å². The summed E-state index contributed by atoms with van der Waals surface area (Å²) in [7, 11) is 0. The summed E-state index contributed by atoms with van der Waals surface area (Å²) in [5.74, 6) is 1.65. The molecule has 0 aliphatic carbocycles. The number of likely N-dealkylation sites (tertiary alicyclic amines) is 1. The average Bonchev–Trinajstić information content (AvgIpc) is 3.16. The molecule has 3 rings (SSSR count). The Kier molecular flexibility index (Phi) is 9.77. The number of aromatic nitrogens is 1. The number of hydrogen-bond acceptors (Lipinski definition) is 4. The molecule has 28 heavy (non-hydrogen) atoms. The Morgan fingerprint density at radius 3 is 2.82 bits per heavy atom. The molecule has 1 aliphatic rings. The Morgan fingerprint density at radius 2 is 2.11 bits per heavy atom. The maximum atomic E-state index is 5.34. The number of nitrogens with zero attached hydrogens (tertiary/aromatic N) is 3. The molecule has 0 radical (unpaired) electrons. The number of piperidine rings is 1. The summed E-state index contributed by atoms with van der Waals surface area (Å²) in [5.41, 5.74) is 2.35. The third-order valence-corrected chi connectivity index (χ3v) is 4.80. The van der Waals surface area contributed by atoms with E-state index in [1.165, 1.54) is 12.0 Å². The van der Waals surface area contributed by atoms with Crippen molar-refractivity contribution in [3.63, 3.8) is 0 Å². The third kappa shape index (κ3) is 7.09. The number of guanidine groups is 1. The Bertz CT molecular complexity index is 719. The van der Waals surface area contributed by atoms with E-state index in [-0.39, 0.29) is 24.0 Å². The first-order valence-electron chi connectivity index (χ1n) is 10.0. The monoisotopic (exact) mass is 497 g/mol. The molecule has 1 fully saturated rings. The summed E-state index contributed by atoms with van der Waals surface area (Å²) in [6.07, 6.45) is 3.24. The van der Waals surface area contributed by atoms with E-state index in [1.54, 1.807) is 0 Å². The summed E-state index contributed by atoms with van der Waals surface area (Å²) in [5, 5.41) is 11.0. The summed E-state index contributed by atoms with van der Waals surface area (Å²) in [6.45, 7) is 8.68. The van der Waals surface area contributed by atoms with Crippen LogP contribution in [0, 0.1) is 0 Å². The van der Waals surface area contributed by atoms with Crippen molar-refractivity contribution in [3.05, 3.63) is 53.4 Å². The van der Waals surface area contributed by atoms with Crippen LogP contribution in [0.1, 0.15) is 43.7 Å². The maximum Gasteiger partial charge on any atom is 0.191 e. The average molecular weight is 497 g/mol. The largest absolute Gasteiger partial charge is 0.359 e. The zero-order valence-corrected chi connectivity index (χ0v) is 19.2. The molecule has 1 atom stereocenters. The van der Waals surface area contributed by atoms with Crippen LogP contribution in [0.2, 0.25) is 0 Å². The lowest BCUT2D eigenvalue weighted by Crippen LogP contribution is -2.50. The quantitative estimate of drug-likeness (QED) is 0.348. The van der Waals surface area contributed by atoms with Gasteiger partial charge in [0.2, 0.25) is 0 Å². The highest BCUT2D eigenvalue weighted by atomic mass is 127. The highest BCUT2D eigenvalue weighted by Crippen LogP contribution is 2.14. The van der Waals surface area contributed by atoms with E-state index in [9.17, 15) is 0 Å². The van der Waals surface area contributed by atoms with Gasteiger partial charge in [0, 0.05) is 31.7 Å². The van der Waals surface area contributed by atoms with Crippen LogP contribution in [0.4, 0.5) is 0 Å². The number of hydrogen-bond donors (Lipinski definition) is 2. The topological polar surface area (TPSA) is 65.7 Å². The molecular weight excluding hydrogens is 465 g/mol. The Hall–Kier alpha value is -1.61. The number of aliphatic imine (C=N–C) groups is 1. The fourth-order valence-electron chi connectivity index (χ4n) is 3.43. The zero-order chi connectivity index (χ0) is 18.9. The van der Waals surface area contributed by atoms with Crippen molar-refractivity contribution in [2.24, 2.45) is 4.99 Å². The molecule has 0 spiro atoms. The normalized spacial score (nSPS) is 17.8. The first-order valence-corrected chi connectivity index (χ1v) is 10.0. The third-order valence-electron chi connectivity index (χ3n) is 4.80. The minimum absolute atomic E-state index is 0. The van der Waals surface area contributed by atoms with Crippen molar-refractivity contribution in [2.45, 2.75) is 52.2 Å². The van der Waals surface area contributed by atoms with Gasteiger partial charge in [-0.05, 0) is 38.3 Å². The van der Waals surface area contributed by atoms with Crippen LogP contribution < -0.4 is 10.6 Å². The van der Waals surface area contributed by atoms with Crippen molar-refractivity contribution in [1.29, 1.82) is 0 Å². The van der Waals surface area contributed by atoms with Gasteiger partial charge in [-0.25, -0.2) is 4.99 Å². The predicted octanol–water partition coefficient (Wildman–Crippen LogP) is 3.57. The van der Waals surface area contributed by atoms with Gasteiger partial charge in [0.1, 0.15) is 6.54 Å². The van der Waals surface area contributed by atoms with E-state index in [0.717, 1.165) is 56.4 Å². The number of aryl methyl sites for hydroxylation is 1. The smallest absolute Gasteiger partial charge is 0.191 e. The highest BCUT2D eigenvalue weighted by molar-refractivity contribution is 14.0. The molecule has 1 aromatic carbocycles. The minimum Gasteiger partial charge on any atom is -0.359 e. The van der Waals surface area contributed by atoms with E-state index in [0.29, 0.717) is 12.6 Å². The van der Waals surface area contributed by atoms with Gasteiger partial charge in [0.25, 0.3) is 0 Å². The molecule has 1 saturated heterocycles. The minimum atomic E-state index is 0. The van der Waals surface area contributed by atoms with Crippen LogP contribution in [0.15, 0.2) is 45.9 Å². The maximum absolute atomic E-state index is 5.34. The molecule has 0 saturated carbocycles. The van der Waals surface area contributed by atoms with E-state index >= 15 is 0 Å². The van der Waals surface area contributed by atoms with Gasteiger partial charge < -0.3 is 15.2 Å². The summed E-state index contributed by atoms with van der Waals surface area (Å²) in [4.78, 5) is 7.19. The molecule has 1 aromatic heterocycles. The van der Waals surface area contributed by atoms with E-state index in [4.69, 9.17) is 4.52 Å². The number of rotatable bonds is 7. The van der Waals surface area contributed by atoms with E-state index in [2.05, 4.69) is 69.9 Å². The number of halogens is 1. The van der Waals surface area contributed by atoms with Crippen LogP contribution in [0.25, 0.3) is 0 Å². The van der Waals surface area contributed by atoms with Gasteiger partial charge >= 0.3 is 0 Å². The second-order valence-corrected chi connectivity index (χ2v) is 7.04. The molecule has 2 heterocycles. The molecule has 0 amide bonds. The van der Waals surface area contributed by atoms with Crippen molar-refractivity contribution in [2.75, 3.05) is 19.6 Å². The Balaban J connectivity index is 0.00000280. The van der Waals surface area contributed by atoms with Gasteiger partial charge in [-0.2, -0.15) is 0 Å². The van der Waals surface area contributed by atoms with Crippen LogP contribution in [-0.4, -0.2) is 41.7 Å². The first kappa shape index (κ1) is 22.7. The van der Waals surface area contributed by atoms with Crippen molar-refractivity contribution in [1.82, 2.24) is 20.7 Å². The lowest BCUT2D eigenvalue weighted by molar-refractivity contribution is 0.192. The highest BCUT2D eigenvalue weighted by Gasteiger charge is 2.20. The molecule has 2 N–H and O–H groups in total. The predicted molar refractivity (Wildman–Crippen MR) is 124 cm³/mol. The van der Waals surface area contributed by atoms with Gasteiger partial charge in [-0.15, -0.1) is 24.0 Å². The van der Waals surface area contributed by atoms with Crippen molar-refractivity contribution in [3.8, 4) is 0 Å². The molecule has 1 aliphatic heterocycles. The second kappa shape index (κ2) is 12.1. The fraction of sp³-hybridized carbons (Fsp3) is 0.524. The van der Waals surface area contributed by atoms with E-state index < -0.39 is 0 Å². The van der Waals surface area contributed by atoms with Crippen LogP contribution >= 0.6 is 24.0 Å². The SMILES string of the molecule is CCNC(=NCc1cc(CC)no1)NC1CCCN(Cc2ccccc2)C1.I. The van der Waals surface area contributed by atoms with Crippen LogP contribution in [0.5, 0.6) is 0 Å². The fourth-order valence-corrected chi connectivity index (χ4v) is 3.43. The lowest BCUT2D eigenvalue weighted by Gasteiger charge is -2.34. The Labute approximate surface area is 185 Å². The Morgan fingerprint density at radius 1 is 1.29 bits per heavy atom. The second-order valence-electron chi connectivity index (χ2n) is 7.04.